The molecule has 0 fully saturated rings. The molecule has 104 valence electrons. The molecule has 2 rings (SSSR count). The van der Waals surface area contributed by atoms with Gasteiger partial charge in [0.25, 0.3) is 0 Å². The largest absolute Gasteiger partial charge is 0.465 e. The predicted molar refractivity (Wildman–Crippen MR) is 80.1 cm³/mol. The first-order valence-electron chi connectivity index (χ1n) is 6.84. The highest BCUT2D eigenvalue weighted by molar-refractivity contribution is 5.91. The summed E-state index contributed by atoms with van der Waals surface area (Å²) < 4.78 is 5.17. The van der Waals surface area contributed by atoms with Crippen molar-refractivity contribution in [1.29, 1.82) is 0 Å². The highest BCUT2D eigenvalue weighted by atomic mass is 16.3. The minimum absolute atomic E-state index is 0.0137. The molecule has 20 heavy (non-hydrogen) atoms. The Balaban J connectivity index is 1.89. The number of carbonyl (C=O) groups excluding carboxylic acids is 1. The van der Waals surface area contributed by atoms with Crippen LogP contribution in [0.5, 0.6) is 0 Å². The van der Waals surface area contributed by atoms with Crippen LogP contribution in [-0.4, -0.2) is 23.9 Å². The van der Waals surface area contributed by atoms with Crippen molar-refractivity contribution in [3.05, 3.63) is 66.1 Å². The van der Waals surface area contributed by atoms with Crippen molar-refractivity contribution in [3.63, 3.8) is 0 Å². The Morgan fingerprint density at radius 2 is 2.00 bits per heavy atom. The minimum Gasteiger partial charge on any atom is -0.465 e. The van der Waals surface area contributed by atoms with Crippen LogP contribution in [0.3, 0.4) is 0 Å². The number of rotatable bonds is 6. The molecule has 0 unspecified atom stereocenters. The zero-order chi connectivity index (χ0) is 14.2. The molecule has 3 nitrogen and oxygen atoms in total. The summed E-state index contributed by atoms with van der Waals surface area (Å²) >= 11 is 0. The second-order valence-corrected chi connectivity index (χ2v) is 4.50. The van der Waals surface area contributed by atoms with Crippen molar-refractivity contribution in [2.45, 2.75) is 13.3 Å². The van der Waals surface area contributed by atoms with Crippen LogP contribution in [0, 0.1) is 0 Å². The van der Waals surface area contributed by atoms with E-state index in [4.69, 9.17) is 4.42 Å². The van der Waals surface area contributed by atoms with Gasteiger partial charge >= 0.3 is 0 Å². The van der Waals surface area contributed by atoms with Gasteiger partial charge in [0, 0.05) is 19.2 Å². The van der Waals surface area contributed by atoms with Crippen LogP contribution in [0.25, 0.3) is 6.08 Å². The van der Waals surface area contributed by atoms with Gasteiger partial charge in [0.2, 0.25) is 5.91 Å². The van der Waals surface area contributed by atoms with Gasteiger partial charge in [-0.25, -0.2) is 0 Å². The third-order valence-electron chi connectivity index (χ3n) is 3.14. The first kappa shape index (κ1) is 14.1. The van der Waals surface area contributed by atoms with E-state index in [2.05, 4.69) is 12.1 Å². The topological polar surface area (TPSA) is 33.5 Å². The Bertz CT molecular complexity index is 544. The van der Waals surface area contributed by atoms with E-state index in [1.54, 1.807) is 24.5 Å². The highest BCUT2D eigenvalue weighted by Crippen LogP contribution is 2.05. The SMILES string of the molecule is CCN(CCc1ccccc1)C(=O)/C=C/c1ccco1. The smallest absolute Gasteiger partial charge is 0.246 e. The molecular formula is C17H19NO2. The Morgan fingerprint density at radius 3 is 2.65 bits per heavy atom. The quantitative estimate of drug-likeness (QED) is 0.753. The molecule has 0 N–H and O–H groups in total. The molecule has 3 heteroatoms. The van der Waals surface area contributed by atoms with Gasteiger partial charge in [-0.3, -0.25) is 4.79 Å². The number of likely N-dealkylation sites (N-methyl/N-ethyl adjacent to an activating group) is 1. The lowest BCUT2D eigenvalue weighted by molar-refractivity contribution is -0.125. The first-order chi connectivity index (χ1) is 9.79. The molecule has 0 aliphatic rings. The fraction of sp³-hybridized carbons (Fsp3) is 0.235. The van der Waals surface area contributed by atoms with E-state index in [1.807, 2.05) is 36.1 Å². The van der Waals surface area contributed by atoms with Crippen LogP contribution in [0.1, 0.15) is 18.2 Å². The van der Waals surface area contributed by atoms with Crippen molar-refractivity contribution in [2.24, 2.45) is 0 Å². The molecule has 0 spiro atoms. The average molecular weight is 269 g/mol. The fourth-order valence-electron chi connectivity index (χ4n) is 1.98. The summed E-state index contributed by atoms with van der Waals surface area (Å²) in [5, 5.41) is 0. The number of furan rings is 1. The Hall–Kier alpha value is -2.29. The normalized spacial score (nSPS) is 10.8. The lowest BCUT2D eigenvalue weighted by atomic mass is 10.1. The maximum absolute atomic E-state index is 12.1. The minimum atomic E-state index is 0.0137. The number of benzene rings is 1. The molecule has 0 saturated carbocycles. The zero-order valence-corrected chi connectivity index (χ0v) is 11.7. The van der Waals surface area contributed by atoms with E-state index in [-0.39, 0.29) is 5.91 Å². The maximum Gasteiger partial charge on any atom is 0.246 e. The van der Waals surface area contributed by atoms with Gasteiger partial charge in [-0.05, 0) is 37.1 Å². The summed E-state index contributed by atoms with van der Waals surface area (Å²) in [6, 6.07) is 13.8. The van der Waals surface area contributed by atoms with Crippen molar-refractivity contribution in [1.82, 2.24) is 4.90 Å². The van der Waals surface area contributed by atoms with Gasteiger partial charge in [0.05, 0.1) is 6.26 Å². The van der Waals surface area contributed by atoms with Gasteiger partial charge in [-0.1, -0.05) is 30.3 Å². The summed E-state index contributed by atoms with van der Waals surface area (Å²) in [5.41, 5.74) is 1.24. The summed E-state index contributed by atoms with van der Waals surface area (Å²) in [7, 11) is 0. The Morgan fingerprint density at radius 1 is 1.20 bits per heavy atom. The van der Waals surface area contributed by atoms with Crippen molar-refractivity contribution in [2.75, 3.05) is 13.1 Å². The number of nitrogens with zero attached hydrogens (tertiary/aromatic N) is 1. The number of carbonyl (C=O) groups is 1. The van der Waals surface area contributed by atoms with Gasteiger partial charge in [0.15, 0.2) is 0 Å². The van der Waals surface area contributed by atoms with Crippen LogP contribution in [0.4, 0.5) is 0 Å². The van der Waals surface area contributed by atoms with Crippen LogP contribution in [0.15, 0.2) is 59.2 Å². The molecule has 0 aliphatic carbocycles. The Kier molecular flexibility index (Phi) is 5.18. The molecule has 1 aromatic carbocycles. The monoisotopic (exact) mass is 269 g/mol. The lowest BCUT2D eigenvalue weighted by Gasteiger charge is -2.19. The van der Waals surface area contributed by atoms with Crippen LogP contribution >= 0.6 is 0 Å². The third kappa shape index (κ3) is 4.12. The molecule has 0 saturated heterocycles. The average Bonchev–Trinajstić information content (AvgIpc) is 3.00. The lowest BCUT2D eigenvalue weighted by Crippen LogP contribution is -2.31. The van der Waals surface area contributed by atoms with E-state index in [9.17, 15) is 4.79 Å². The van der Waals surface area contributed by atoms with E-state index in [1.165, 1.54) is 5.56 Å². The third-order valence-corrected chi connectivity index (χ3v) is 3.14. The second kappa shape index (κ2) is 7.34. The molecule has 0 aliphatic heterocycles. The standard InChI is InChI=1S/C17H19NO2/c1-2-18(13-12-15-7-4-3-5-8-15)17(19)11-10-16-9-6-14-20-16/h3-11,14H,2,12-13H2,1H3/b11-10+. The number of amides is 1. The molecule has 0 radical (unpaired) electrons. The van der Waals surface area contributed by atoms with Crippen molar-refractivity contribution in [3.8, 4) is 0 Å². The molecule has 1 heterocycles. The Labute approximate surface area is 119 Å². The van der Waals surface area contributed by atoms with E-state index < -0.39 is 0 Å². The van der Waals surface area contributed by atoms with Gasteiger partial charge in [-0.2, -0.15) is 0 Å². The first-order valence-corrected chi connectivity index (χ1v) is 6.84. The summed E-state index contributed by atoms with van der Waals surface area (Å²) in [5.74, 6) is 0.706. The number of hydrogen-bond donors (Lipinski definition) is 0. The molecule has 1 aromatic heterocycles. The van der Waals surface area contributed by atoms with Gasteiger partial charge in [0.1, 0.15) is 5.76 Å². The van der Waals surface area contributed by atoms with E-state index in [0.29, 0.717) is 12.3 Å². The summed E-state index contributed by atoms with van der Waals surface area (Å²) in [6.07, 6.45) is 5.73. The van der Waals surface area contributed by atoms with Crippen molar-refractivity contribution >= 4 is 12.0 Å². The highest BCUT2D eigenvalue weighted by Gasteiger charge is 2.08. The van der Waals surface area contributed by atoms with Gasteiger partial charge < -0.3 is 9.32 Å². The zero-order valence-electron chi connectivity index (χ0n) is 11.7. The molecular weight excluding hydrogens is 250 g/mol. The number of hydrogen-bond acceptors (Lipinski definition) is 2. The van der Waals surface area contributed by atoms with E-state index >= 15 is 0 Å². The maximum atomic E-state index is 12.1. The van der Waals surface area contributed by atoms with Crippen LogP contribution in [-0.2, 0) is 11.2 Å². The van der Waals surface area contributed by atoms with Gasteiger partial charge in [-0.15, -0.1) is 0 Å². The van der Waals surface area contributed by atoms with E-state index in [0.717, 1.165) is 13.0 Å². The van der Waals surface area contributed by atoms with Crippen LogP contribution in [0.2, 0.25) is 0 Å². The fourth-order valence-corrected chi connectivity index (χ4v) is 1.98. The molecule has 2 aromatic rings. The molecule has 0 atom stereocenters. The predicted octanol–water partition coefficient (Wildman–Crippen LogP) is 3.38. The van der Waals surface area contributed by atoms with Crippen molar-refractivity contribution < 1.29 is 9.21 Å². The van der Waals surface area contributed by atoms with Crippen LogP contribution < -0.4 is 0 Å². The molecule has 0 bridgehead atoms. The summed E-state index contributed by atoms with van der Waals surface area (Å²) in [4.78, 5) is 13.9. The second-order valence-electron chi connectivity index (χ2n) is 4.50. The molecule has 1 amide bonds. The summed E-state index contributed by atoms with van der Waals surface area (Å²) in [6.45, 7) is 3.42.